The van der Waals surface area contributed by atoms with Gasteiger partial charge in [-0.25, -0.2) is 8.42 Å². The van der Waals surface area contributed by atoms with Crippen molar-refractivity contribution in [3.05, 3.63) is 81.4 Å². The number of benzene rings is 3. The van der Waals surface area contributed by atoms with E-state index in [0.29, 0.717) is 28.3 Å². The molecule has 0 radical (unpaired) electrons. The van der Waals surface area contributed by atoms with E-state index in [1.54, 1.807) is 37.3 Å². The minimum Gasteiger partial charge on any atom is -0.493 e. The number of rotatable bonds is 9. The lowest BCUT2D eigenvalue weighted by Crippen LogP contribution is -2.16. The van der Waals surface area contributed by atoms with Crippen LogP contribution in [0.3, 0.4) is 0 Å². The number of hydrogen-bond acceptors (Lipinski definition) is 8. The summed E-state index contributed by atoms with van der Waals surface area (Å²) in [7, 11) is -1.19. The van der Waals surface area contributed by atoms with Gasteiger partial charge in [0.2, 0.25) is 0 Å². The normalized spacial score (nSPS) is 11.3. The van der Waals surface area contributed by atoms with E-state index < -0.39 is 14.9 Å². The minimum absolute atomic E-state index is 0.0565. The Morgan fingerprint density at radius 3 is 2.38 bits per heavy atom. The lowest BCUT2D eigenvalue weighted by molar-refractivity contribution is -0.385. The number of nitrogens with zero attached hydrogens (tertiary/aromatic N) is 2. The number of hydrazone groups is 1. The summed E-state index contributed by atoms with van der Waals surface area (Å²) in [5.41, 5.74) is 4.98. The van der Waals surface area contributed by atoms with Crippen LogP contribution in [-0.4, -0.2) is 33.8 Å². The van der Waals surface area contributed by atoms with E-state index in [1.165, 1.54) is 32.6 Å². The van der Waals surface area contributed by atoms with Crippen LogP contribution in [0.15, 0.2) is 64.6 Å². The van der Waals surface area contributed by atoms with Crippen LogP contribution in [0, 0.1) is 24.0 Å². The first kappa shape index (κ1) is 24.5. The van der Waals surface area contributed by atoms with Gasteiger partial charge in [0.1, 0.15) is 4.90 Å². The Labute approximate surface area is 197 Å². The molecular formula is C23H24N4O6S. The Kier molecular flexibility index (Phi) is 7.37. The standard InChI is InChI=1S/C23H24N4O6S/c1-15-8-10-19(16(2)12-15)26-34(30,31)22-13-18(27(28)29)9-11-20(22)25-24-14-17-6-5-7-21(32-3)23(17)33-4/h5-14,25-26H,1-4H3/b24-14+. The predicted octanol–water partition coefficient (Wildman–Crippen LogP) is 4.48. The van der Waals surface area contributed by atoms with Crippen LogP contribution >= 0.6 is 0 Å². The van der Waals surface area contributed by atoms with Crippen LogP contribution in [0.4, 0.5) is 17.1 Å². The van der Waals surface area contributed by atoms with E-state index in [1.807, 2.05) is 13.0 Å². The van der Waals surface area contributed by atoms with Crippen molar-refractivity contribution in [2.75, 3.05) is 24.4 Å². The smallest absolute Gasteiger partial charge is 0.270 e. The number of sulfonamides is 1. The minimum atomic E-state index is -4.19. The number of nitro groups is 1. The first-order valence-corrected chi connectivity index (χ1v) is 11.5. The van der Waals surface area contributed by atoms with Gasteiger partial charge in [-0.2, -0.15) is 5.10 Å². The van der Waals surface area contributed by atoms with Crippen molar-refractivity contribution in [2.45, 2.75) is 18.7 Å². The number of aryl methyl sites for hydroxylation is 2. The summed E-state index contributed by atoms with van der Waals surface area (Å²) in [6.07, 6.45) is 1.43. The summed E-state index contributed by atoms with van der Waals surface area (Å²) in [6.45, 7) is 3.66. The molecule has 0 unspecified atom stereocenters. The highest BCUT2D eigenvalue weighted by atomic mass is 32.2. The number of hydrogen-bond donors (Lipinski definition) is 2. The Morgan fingerprint density at radius 1 is 1.00 bits per heavy atom. The SMILES string of the molecule is COc1cccc(/C=N/Nc2ccc([N+](=O)[O-])cc2S(=O)(=O)Nc2ccc(C)cc2C)c1OC. The molecule has 0 amide bonds. The van der Waals surface area contributed by atoms with Crippen molar-refractivity contribution < 1.29 is 22.8 Å². The molecule has 3 rings (SSSR count). The maximum absolute atomic E-state index is 13.2. The second-order valence-electron chi connectivity index (χ2n) is 7.31. The van der Waals surface area contributed by atoms with E-state index >= 15 is 0 Å². The summed E-state index contributed by atoms with van der Waals surface area (Å²) < 4.78 is 39.5. The lowest BCUT2D eigenvalue weighted by Gasteiger charge is -2.14. The average molecular weight is 485 g/mol. The molecule has 0 saturated heterocycles. The van der Waals surface area contributed by atoms with Gasteiger partial charge in [0.05, 0.1) is 36.7 Å². The van der Waals surface area contributed by atoms with Crippen LogP contribution in [0.2, 0.25) is 0 Å². The molecule has 0 saturated carbocycles. The van der Waals surface area contributed by atoms with Crippen LogP contribution in [0.5, 0.6) is 11.5 Å². The van der Waals surface area contributed by atoms with Gasteiger partial charge >= 0.3 is 0 Å². The highest BCUT2D eigenvalue weighted by Crippen LogP contribution is 2.31. The molecule has 0 spiro atoms. The van der Waals surface area contributed by atoms with Gasteiger partial charge in [0, 0.05) is 17.7 Å². The summed E-state index contributed by atoms with van der Waals surface area (Å²) >= 11 is 0. The van der Waals surface area contributed by atoms with Gasteiger partial charge < -0.3 is 9.47 Å². The number of ether oxygens (including phenoxy) is 2. The molecule has 178 valence electrons. The van der Waals surface area contributed by atoms with Crippen LogP contribution < -0.4 is 19.6 Å². The van der Waals surface area contributed by atoms with Crippen molar-refractivity contribution in [3.8, 4) is 11.5 Å². The van der Waals surface area contributed by atoms with Gasteiger partial charge in [-0.1, -0.05) is 23.8 Å². The summed E-state index contributed by atoms with van der Waals surface area (Å²) in [5.74, 6) is 0.950. The van der Waals surface area contributed by atoms with Crippen molar-refractivity contribution in [3.63, 3.8) is 0 Å². The summed E-state index contributed by atoms with van der Waals surface area (Å²) in [6, 6.07) is 13.9. The molecule has 2 N–H and O–H groups in total. The van der Waals surface area contributed by atoms with Crippen LogP contribution in [0.25, 0.3) is 0 Å². The van der Waals surface area contributed by atoms with E-state index in [2.05, 4.69) is 15.2 Å². The van der Waals surface area contributed by atoms with Gasteiger partial charge in [0.25, 0.3) is 15.7 Å². The van der Waals surface area contributed by atoms with Gasteiger partial charge in [-0.05, 0) is 43.7 Å². The van der Waals surface area contributed by atoms with E-state index in [9.17, 15) is 18.5 Å². The number of para-hydroxylation sites is 1. The molecular weight excluding hydrogens is 460 g/mol. The maximum Gasteiger partial charge on any atom is 0.270 e. The summed E-state index contributed by atoms with van der Waals surface area (Å²) in [4.78, 5) is 10.3. The number of methoxy groups -OCH3 is 2. The topological polar surface area (TPSA) is 132 Å². The lowest BCUT2D eigenvalue weighted by atomic mass is 10.1. The third kappa shape index (κ3) is 5.44. The Bertz CT molecular complexity index is 1360. The average Bonchev–Trinajstić information content (AvgIpc) is 2.80. The molecule has 0 aliphatic carbocycles. The first-order valence-electron chi connectivity index (χ1n) is 10.0. The van der Waals surface area contributed by atoms with Gasteiger partial charge in [0.15, 0.2) is 11.5 Å². The van der Waals surface area contributed by atoms with Gasteiger partial charge in [-0.15, -0.1) is 0 Å². The van der Waals surface area contributed by atoms with E-state index in [0.717, 1.165) is 11.6 Å². The third-order valence-electron chi connectivity index (χ3n) is 4.91. The molecule has 0 aromatic heterocycles. The Hall–Kier alpha value is -4.12. The fourth-order valence-electron chi connectivity index (χ4n) is 3.25. The molecule has 0 bridgehead atoms. The van der Waals surface area contributed by atoms with Crippen molar-refractivity contribution in [1.29, 1.82) is 0 Å². The highest BCUT2D eigenvalue weighted by Gasteiger charge is 2.23. The molecule has 10 nitrogen and oxygen atoms in total. The van der Waals surface area contributed by atoms with Gasteiger partial charge in [-0.3, -0.25) is 20.3 Å². The molecule has 34 heavy (non-hydrogen) atoms. The molecule has 11 heteroatoms. The highest BCUT2D eigenvalue weighted by molar-refractivity contribution is 7.92. The maximum atomic E-state index is 13.2. The number of non-ortho nitro benzene ring substituents is 1. The molecule has 0 aliphatic rings. The van der Waals surface area contributed by atoms with Crippen molar-refractivity contribution >= 4 is 33.3 Å². The number of nitro benzene ring substituents is 1. The quantitative estimate of drug-likeness (QED) is 0.260. The molecule has 0 fully saturated rings. The zero-order valence-electron chi connectivity index (χ0n) is 19.0. The zero-order valence-corrected chi connectivity index (χ0v) is 19.8. The van der Waals surface area contributed by atoms with Crippen molar-refractivity contribution in [1.82, 2.24) is 0 Å². The second kappa shape index (κ2) is 10.2. The number of nitrogens with one attached hydrogen (secondary N) is 2. The fraction of sp³-hybridized carbons (Fsp3) is 0.174. The second-order valence-corrected chi connectivity index (χ2v) is 8.97. The summed E-state index contributed by atoms with van der Waals surface area (Å²) in [5, 5.41) is 15.4. The molecule has 3 aromatic carbocycles. The Morgan fingerprint density at radius 2 is 1.74 bits per heavy atom. The third-order valence-corrected chi connectivity index (χ3v) is 6.32. The largest absolute Gasteiger partial charge is 0.493 e. The first-order chi connectivity index (χ1) is 16.2. The van der Waals surface area contributed by atoms with Crippen molar-refractivity contribution in [2.24, 2.45) is 5.10 Å². The molecule has 0 aliphatic heterocycles. The van der Waals surface area contributed by atoms with E-state index in [-0.39, 0.29) is 16.3 Å². The zero-order chi connectivity index (χ0) is 24.9. The molecule has 0 heterocycles. The van der Waals surface area contributed by atoms with Crippen LogP contribution in [-0.2, 0) is 10.0 Å². The monoisotopic (exact) mass is 484 g/mol. The molecule has 3 aromatic rings. The Balaban J connectivity index is 1.98. The fourth-order valence-corrected chi connectivity index (χ4v) is 4.56. The predicted molar refractivity (Wildman–Crippen MR) is 131 cm³/mol. The van der Waals surface area contributed by atoms with Crippen LogP contribution in [0.1, 0.15) is 16.7 Å². The van der Waals surface area contributed by atoms with E-state index in [4.69, 9.17) is 9.47 Å². The molecule has 0 atom stereocenters. The number of anilines is 2.